The molecule has 0 atom stereocenters. The zero-order valence-electron chi connectivity index (χ0n) is 13.7. The summed E-state index contributed by atoms with van der Waals surface area (Å²) in [6.45, 7) is 5.57. The number of hydrogen-bond acceptors (Lipinski definition) is 4. The van der Waals surface area contributed by atoms with Gasteiger partial charge in [0.15, 0.2) is 0 Å². The first-order valence-electron chi connectivity index (χ1n) is 7.40. The minimum atomic E-state index is -0.438. The van der Waals surface area contributed by atoms with Gasteiger partial charge in [0.1, 0.15) is 0 Å². The van der Waals surface area contributed by atoms with Crippen LogP contribution in [-0.2, 0) is 4.74 Å². The van der Waals surface area contributed by atoms with Gasteiger partial charge in [-0.3, -0.25) is 4.79 Å². The number of nitrogens with one attached hydrogen (secondary N) is 1. The van der Waals surface area contributed by atoms with E-state index in [1.165, 1.54) is 7.11 Å². The smallest absolute Gasteiger partial charge is 0.337 e. The third-order valence-electron chi connectivity index (χ3n) is 3.40. The van der Waals surface area contributed by atoms with Crippen molar-refractivity contribution in [1.29, 1.82) is 0 Å². The van der Waals surface area contributed by atoms with E-state index in [1.807, 2.05) is 25.1 Å². The normalized spacial score (nSPS) is 10.1. The molecule has 0 fully saturated rings. The van der Waals surface area contributed by atoms with E-state index < -0.39 is 5.97 Å². The Morgan fingerprint density at radius 3 is 2.71 bits per heavy atom. The molecule has 1 N–H and O–H groups in total. The molecule has 0 aromatic heterocycles. The molecule has 1 amide bonds. The monoisotopic (exact) mass is 341 g/mol. The third kappa shape index (κ3) is 4.26. The number of rotatable bonds is 6. The Morgan fingerprint density at radius 1 is 1.25 bits per heavy atom. The molecule has 0 aliphatic carbocycles. The number of esters is 1. The molecular weight excluding hydrogens is 322 g/mol. The summed E-state index contributed by atoms with van der Waals surface area (Å²) in [5.74, 6) is 0.0703. The van der Waals surface area contributed by atoms with Crippen LogP contribution in [0.2, 0.25) is 0 Å². The minimum Gasteiger partial charge on any atom is -0.465 e. The van der Waals surface area contributed by atoms with Crippen molar-refractivity contribution in [3.8, 4) is 0 Å². The molecule has 124 valence electrons. The number of thioether (sulfide) groups is 1. The number of hydrogen-bond donors (Lipinski definition) is 1. The molecule has 0 radical (unpaired) electrons. The Labute approximate surface area is 145 Å². The Morgan fingerprint density at radius 2 is 2.00 bits per heavy atom. The Kier molecular flexibility index (Phi) is 6.21. The predicted octanol–water partition coefficient (Wildman–Crippen LogP) is 4.31. The van der Waals surface area contributed by atoms with Gasteiger partial charge >= 0.3 is 5.97 Å². The van der Waals surface area contributed by atoms with Crippen LogP contribution in [0.4, 0.5) is 5.69 Å². The van der Waals surface area contributed by atoms with Crippen LogP contribution in [0.25, 0.3) is 0 Å². The highest BCUT2D eigenvalue weighted by atomic mass is 32.2. The summed E-state index contributed by atoms with van der Waals surface area (Å²) < 4.78 is 4.72. The molecule has 0 saturated heterocycles. The largest absolute Gasteiger partial charge is 0.465 e. The molecule has 0 saturated carbocycles. The van der Waals surface area contributed by atoms with E-state index in [9.17, 15) is 9.59 Å². The van der Waals surface area contributed by atoms with Gasteiger partial charge < -0.3 is 10.1 Å². The van der Waals surface area contributed by atoms with Gasteiger partial charge in [0.2, 0.25) is 0 Å². The predicted molar refractivity (Wildman–Crippen MR) is 97.8 cm³/mol. The zero-order chi connectivity index (χ0) is 17.5. The van der Waals surface area contributed by atoms with Gasteiger partial charge in [0.05, 0.1) is 18.2 Å². The maximum Gasteiger partial charge on any atom is 0.337 e. The van der Waals surface area contributed by atoms with Crippen molar-refractivity contribution < 1.29 is 14.3 Å². The van der Waals surface area contributed by atoms with Crippen molar-refractivity contribution in [1.82, 2.24) is 0 Å². The molecule has 0 unspecified atom stereocenters. The molecule has 0 heterocycles. The third-order valence-corrected chi connectivity index (χ3v) is 4.46. The van der Waals surface area contributed by atoms with E-state index in [2.05, 4.69) is 11.9 Å². The fourth-order valence-corrected chi connectivity index (χ4v) is 2.91. The fraction of sp³-hybridized carbons (Fsp3) is 0.158. The SMILES string of the molecule is C=CCSc1ccccc1C(=O)Nc1cc(C(=O)OC)ccc1C. The average molecular weight is 341 g/mol. The first-order valence-corrected chi connectivity index (χ1v) is 8.38. The van der Waals surface area contributed by atoms with Crippen molar-refractivity contribution >= 4 is 29.3 Å². The molecule has 2 rings (SSSR count). The summed E-state index contributed by atoms with van der Waals surface area (Å²) in [5.41, 5.74) is 2.44. The summed E-state index contributed by atoms with van der Waals surface area (Å²) in [7, 11) is 1.33. The van der Waals surface area contributed by atoms with Crippen LogP contribution < -0.4 is 5.32 Å². The Bertz CT molecular complexity index is 771. The van der Waals surface area contributed by atoms with E-state index >= 15 is 0 Å². The second kappa shape index (κ2) is 8.36. The topological polar surface area (TPSA) is 55.4 Å². The molecule has 0 spiro atoms. The van der Waals surface area contributed by atoms with Crippen molar-refractivity contribution in [3.05, 3.63) is 71.8 Å². The molecule has 0 bridgehead atoms. The highest BCUT2D eigenvalue weighted by molar-refractivity contribution is 7.99. The van der Waals surface area contributed by atoms with Crippen molar-refractivity contribution in [2.45, 2.75) is 11.8 Å². The van der Waals surface area contributed by atoms with E-state index in [0.717, 1.165) is 16.2 Å². The minimum absolute atomic E-state index is 0.215. The first kappa shape index (κ1) is 17.8. The maximum absolute atomic E-state index is 12.6. The lowest BCUT2D eigenvalue weighted by Gasteiger charge is -2.12. The van der Waals surface area contributed by atoms with Crippen LogP contribution in [0.5, 0.6) is 0 Å². The number of carbonyl (C=O) groups excluding carboxylic acids is 2. The highest BCUT2D eigenvalue weighted by Crippen LogP contribution is 2.25. The van der Waals surface area contributed by atoms with Crippen LogP contribution in [0.1, 0.15) is 26.3 Å². The number of ether oxygens (including phenoxy) is 1. The molecule has 2 aromatic rings. The van der Waals surface area contributed by atoms with Gasteiger partial charge in [-0.1, -0.05) is 24.3 Å². The molecule has 5 heteroatoms. The number of amides is 1. The van der Waals surface area contributed by atoms with E-state index in [0.29, 0.717) is 16.8 Å². The van der Waals surface area contributed by atoms with Crippen molar-refractivity contribution in [3.63, 3.8) is 0 Å². The maximum atomic E-state index is 12.6. The van der Waals surface area contributed by atoms with Crippen LogP contribution in [-0.4, -0.2) is 24.7 Å². The molecule has 24 heavy (non-hydrogen) atoms. The molecule has 0 aliphatic heterocycles. The number of anilines is 1. The van der Waals surface area contributed by atoms with E-state index in [-0.39, 0.29) is 5.91 Å². The van der Waals surface area contributed by atoms with Crippen molar-refractivity contribution in [2.75, 3.05) is 18.2 Å². The van der Waals surface area contributed by atoms with Gasteiger partial charge in [-0.2, -0.15) is 0 Å². The van der Waals surface area contributed by atoms with Crippen LogP contribution >= 0.6 is 11.8 Å². The molecular formula is C19H19NO3S. The highest BCUT2D eigenvalue weighted by Gasteiger charge is 2.14. The summed E-state index contributed by atoms with van der Waals surface area (Å²) in [5, 5.41) is 2.88. The first-order chi connectivity index (χ1) is 11.6. The number of carbonyl (C=O) groups is 2. The van der Waals surface area contributed by atoms with Gasteiger partial charge in [-0.25, -0.2) is 4.79 Å². The van der Waals surface area contributed by atoms with Gasteiger partial charge in [0, 0.05) is 16.3 Å². The van der Waals surface area contributed by atoms with Crippen LogP contribution in [0, 0.1) is 6.92 Å². The van der Waals surface area contributed by atoms with Crippen LogP contribution in [0.3, 0.4) is 0 Å². The second-order valence-corrected chi connectivity index (χ2v) is 6.13. The van der Waals surface area contributed by atoms with Gasteiger partial charge in [0.25, 0.3) is 5.91 Å². The summed E-state index contributed by atoms with van der Waals surface area (Å²) in [6.07, 6.45) is 1.79. The fourth-order valence-electron chi connectivity index (χ4n) is 2.12. The lowest BCUT2D eigenvalue weighted by molar-refractivity contribution is 0.0600. The van der Waals surface area contributed by atoms with Crippen LogP contribution in [0.15, 0.2) is 60.0 Å². The number of benzene rings is 2. The lowest BCUT2D eigenvalue weighted by Crippen LogP contribution is -2.14. The van der Waals surface area contributed by atoms with E-state index in [4.69, 9.17) is 4.74 Å². The second-order valence-electron chi connectivity index (χ2n) is 5.07. The summed E-state index contributed by atoms with van der Waals surface area (Å²) >= 11 is 1.55. The Hall–Kier alpha value is -2.53. The molecule has 4 nitrogen and oxygen atoms in total. The molecule has 2 aromatic carbocycles. The van der Waals surface area contributed by atoms with Crippen molar-refractivity contribution in [2.24, 2.45) is 0 Å². The molecule has 0 aliphatic rings. The quantitative estimate of drug-likeness (QED) is 0.483. The summed E-state index contributed by atoms with van der Waals surface area (Å²) in [6, 6.07) is 12.5. The van der Waals surface area contributed by atoms with E-state index in [1.54, 1.807) is 42.1 Å². The lowest BCUT2D eigenvalue weighted by atomic mass is 10.1. The van der Waals surface area contributed by atoms with Gasteiger partial charge in [-0.15, -0.1) is 18.3 Å². The Balaban J connectivity index is 2.27. The number of aryl methyl sites for hydroxylation is 1. The zero-order valence-corrected chi connectivity index (χ0v) is 14.5. The standard InChI is InChI=1S/C19H19NO3S/c1-4-11-24-17-8-6-5-7-15(17)18(21)20-16-12-14(19(22)23-3)10-9-13(16)2/h4-10,12H,1,11H2,2-3H3,(H,20,21). The number of methoxy groups -OCH3 is 1. The van der Waals surface area contributed by atoms with Gasteiger partial charge in [-0.05, 0) is 36.8 Å². The average Bonchev–Trinajstić information content (AvgIpc) is 2.61. The summed E-state index contributed by atoms with van der Waals surface area (Å²) in [4.78, 5) is 25.2.